The maximum absolute atomic E-state index is 13.9. The normalized spacial score (nSPS) is 12.3. The SMILES string of the molecule is CCNC(Cc1c(F)cccc1Cl)c1cccnc1N. The quantitative estimate of drug-likeness (QED) is 0.889. The van der Waals surface area contributed by atoms with Crippen LogP contribution in [0.2, 0.25) is 5.02 Å². The Hall–Kier alpha value is -1.65. The molecule has 2 rings (SSSR count). The molecule has 2 aromatic rings. The molecular formula is C15H17ClFN3. The number of nitrogens with zero attached hydrogens (tertiary/aromatic N) is 1. The van der Waals surface area contributed by atoms with Crippen LogP contribution in [-0.2, 0) is 6.42 Å². The van der Waals surface area contributed by atoms with E-state index in [9.17, 15) is 4.39 Å². The van der Waals surface area contributed by atoms with Crippen molar-refractivity contribution in [2.75, 3.05) is 12.3 Å². The first-order valence-corrected chi connectivity index (χ1v) is 6.88. The van der Waals surface area contributed by atoms with Gasteiger partial charge in [-0.25, -0.2) is 9.37 Å². The van der Waals surface area contributed by atoms with Crippen LogP contribution < -0.4 is 11.1 Å². The number of hydrogen-bond acceptors (Lipinski definition) is 3. The van der Waals surface area contributed by atoms with Crippen molar-refractivity contribution in [3.63, 3.8) is 0 Å². The zero-order valence-corrected chi connectivity index (χ0v) is 12.0. The maximum atomic E-state index is 13.9. The van der Waals surface area contributed by atoms with Gasteiger partial charge in [0.2, 0.25) is 0 Å². The molecule has 3 N–H and O–H groups in total. The van der Waals surface area contributed by atoms with Gasteiger partial charge in [-0.15, -0.1) is 0 Å². The Kier molecular flexibility index (Phi) is 4.93. The second-order valence-electron chi connectivity index (χ2n) is 4.49. The Labute approximate surface area is 123 Å². The lowest BCUT2D eigenvalue weighted by Gasteiger charge is -2.20. The molecule has 0 amide bonds. The molecule has 0 radical (unpaired) electrons. The lowest BCUT2D eigenvalue weighted by Crippen LogP contribution is -2.24. The summed E-state index contributed by atoms with van der Waals surface area (Å²) >= 11 is 6.09. The van der Waals surface area contributed by atoms with Crippen molar-refractivity contribution in [2.45, 2.75) is 19.4 Å². The fourth-order valence-corrected chi connectivity index (χ4v) is 2.43. The van der Waals surface area contributed by atoms with E-state index in [0.717, 1.165) is 12.1 Å². The van der Waals surface area contributed by atoms with Gasteiger partial charge in [0.25, 0.3) is 0 Å². The summed E-state index contributed by atoms with van der Waals surface area (Å²) in [5, 5.41) is 3.72. The van der Waals surface area contributed by atoms with Gasteiger partial charge in [-0.05, 0) is 31.2 Å². The average Bonchev–Trinajstić information content (AvgIpc) is 2.43. The van der Waals surface area contributed by atoms with Crippen LogP contribution in [0, 0.1) is 5.82 Å². The topological polar surface area (TPSA) is 50.9 Å². The highest BCUT2D eigenvalue weighted by Gasteiger charge is 2.18. The van der Waals surface area contributed by atoms with E-state index in [0.29, 0.717) is 22.8 Å². The lowest BCUT2D eigenvalue weighted by molar-refractivity contribution is 0.528. The predicted molar refractivity (Wildman–Crippen MR) is 80.2 cm³/mol. The molecule has 0 saturated heterocycles. The van der Waals surface area contributed by atoms with Crippen molar-refractivity contribution in [2.24, 2.45) is 0 Å². The molecule has 0 fully saturated rings. The molecule has 1 atom stereocenters. The van der Waals surface area contributed by atoms with E-state index in [-0.39, 0.29) is 11.9 Å². The Morgan fingerprint density at radius 1 is 1.35 bits per heavy atom. The minimum atomic E-state index is -0.303. The first-order chi connectivity index (χ1) is 9.63. The second kappa shape index (κ2) is 6.68. The number of anilines is 1. The van der Waals surface area contributed by atoms with Gasteiger partial charge >= 0.3 is 0 Å². The fourth-order valence-electron chi connectivity index (χ4n) is 2.19. The molecule has 1 aromatic heterocycles. The van der Waals surface area contributed by atoms with Gasteiger partial charge in [0.05, 0.1) is 0 Å². The molecule has 0 aliphatic heterocycles. The summed E-state index contributed by atoms with van der Waals surface area (Å²) < 4.78 is 13.9. The number of likely N-dealkylation sites (N-methyl/N-ethyl adjacent to an activating group) is 1. The van der Waals surface area contributed by atoms with E-state index in [1.165, 1.54) is 6.07 Å². The smallest absolute Gasteiger partial charge is 0.128 e. The number of nitrogens with one attached hydrogen (secondary N) is 1. The number of pyridine rings is 1. The van der Waals surface area contributed by atoms with Crippen molar-refractivity contribution in [3.8, 4) is 0 Å². The number of benzene rings is 1. The van der Waals surface area contributed by atoms with Crippen molar-refractivity contribution < 1.29 is 4.39 Å². The molecular weight excluding hydrogens is 277 g/mol. The minimum Gasteiger partial charge on any atom is -0.383 e. The van der Waals surface area contributed by atoms with Crippen molar-refractivity contribution >= 4 is 17.4 Å². The van der Waals surface area contributed by atoms with Gasteiger partial charge in [0.1, 0.15) is 11.6 Å². The third kappa shape index (κ3) is 3.26. The third-order valence-corrected chi connectivity index (χ3v) is 3.52. The zero-order chi connectivity index (χ0) is 14.5. The summed E-state index contributed by atoms with van der Waals surface area (Å²) in [4.78, 5) is 4.08. The molecule has 1 unspecified atom stereocenters. The molecule has 20 heavy (non-hydrogen) atoms. The van der Waals surface area contributed by atoms with Gasteiger partial charge < -0.3 is 11.1 Å². The number of aromatic nitrogens is 1. The van der Waals surface area contributed by atoms with Gasteiger partial charge in [0.15, 0.2) is 0 Å². The molecule has 0 saturated carbocycles. The van der Waals surface area contributed by atoms with E-state index in [1.807, 2.05) is 19.1 Å². The molecule has 0 aliphatic rings. The Bertz CT molecular complexity index is 569. The van der Waals surface area contributed by atoms with Gasteiger partial charge in [-0.1, -0.05) is 30.7 Å². The Morgan fingerprint density at radius 3 is 2.80 bits per heavy atom. The summed E-state index contributed by atoms with van der Waals surface area (Å²) in [5.74, 6) is 0.147. The van der Waals surface area contributed by atoms with Gasteiger partial charge in [-0.3, -0.25) is 0 Å². The highest BCUT2D eigenvalue weighted by Crippen LogP contribution is 2.27. The first kappa shape index (κ1) is 14.8. The monoisotopic (exact) mass is 293 g/mol. The molecule has 106 valence electrons. The largest absolute Gasteiger partial charge is 0.383 e. The standard InChI is InChI=1S/C15H17ClFN3/c1-2-19-14(10-5-4-8-20-15(10)18)9-11-12(16)6-3-7-13(11)17/h3-8,14,19H,2,9H2,1H3,(H2,18,20). The minimum absolute atomic E-state index is 0.122. The lowest BCUT2D eigenvalue weighted by atomic mass is 9.99. The summed E-state index contributed by atoms with van der Waals surface area (Å²) in [6, 6.07) is 8.29. The molecule has 1 heterocycles. The van der Waals surface area contributed by atoms with Crippen LogP contribution in [0.3, 0.4) is 0 Å². The number of halogens is 2. The first-order valence-electron chi connectivity index (χ1n) is 6.50. The molecule has 3 nitrogen and oxygen atoms in total. The van der Waals surface area contributed by atoms with Crippen LogP contribution in [0.5, 0.6) is 0 Å². The highest BCUT2D eigenvalue weighted by molar-refractivity contribution is 6.31. The molecule has 5 heteroatoms. The number of hydrogen-bond donors (Lipinski definition) is 2. The van der Waals surface area contributed by atoms with E-state index >= 15 is 0 Å². The van der Waals surface area contributed by atoms with Crippen LogP contribution >= 0.6 is 11.6 Å². The van der Waals surface area contributed by atoms with E-state index < -0.39 is 0 Å². The van der Waals surface area contributed by atoms with Crippen LogP contribution in [0.4, 0.5) is 10.2 Å². The van der Waals surface area contributed by atoms with Crippen molar-refractivity contribution in [1.82, 2.24) is 10.3 Å². The summed E-state index contributed by atoms with van der Waals surface area (Å²) in [6.45, 7) is 2.73. The Balaban J connectivity index is 2.33. The summed E-state index contributed by atoms with van der Waals surface area (Å²) in [7, 11) is 0. The van der Waals surface area contributed by atoms with Crippen LogP contribution in [0.1, 0.15) is 24.1 Å². The predicted octanol–water partition coefficient (Wildman–Crippen LogP) is 3.35. The number of nitrogens with two attached hydrogens (primary N) is 1. The fraction of sp³-hybridized carbons (Fsp3) is 0.267. The zero-order valence-electron chi connectivity index (χ0n) is 11.2. The molecule has 0 bridgehead atoms. The second-order valence-corrected chi connectivity index (χ2v) is 4.90. The van der Waals surface area contributed by atoms with Crippen LogP contribution in [0.15, 0.2) is 36.5 Å². The summed E-state index contributed by atoms with van der Waals surface area (Å²) in [5.41, 5.74) is 7.25. The maximum Gasteiger partial charge on any atom is 0.128 e. The Morgan fingerprint density at radius 2 is 2.15 bits per heavy atom. The highest BCUT2D eigenvalue weighted by atomic mass is 35.5. The molecule has 1 aromatic carbocycles. The van der Waals surface area contributed by atoms with Crippen LogP contribution in [-0.4, -0.2) is 11.5 Å². The van der Waals surface area contributed by atoms with E-state index in [1.54, 1.807) is 18.3 Å². The van der Waals surface area contributed by atoms with E-state index in [2.05, 4.69) is 10.3 Å². The molecule has 0 aliphatic carbocycles. The van der Waals surface area contributed by atoms with Crippen LogP contribution in [0.25, 0.3) is 0 Å². The van der Waals surface area contributed by atoms with E-state index in [4.69, 9.17) is 17.3 Å². The number of rotatable bonds is 5. The van der Waals surface area contributed by atoms with Crippen molar-refractivity contribution in [3.05, 3.63) is 58.5 Å². The molecule has 0 spiro atoms. The third-order valence-electron chi connectivity index (χ3n) is 3.17. The van der Waals surface area contributed by atoms with Gasteiger partial charge in [-0.2, -0.15) is 0 Å². The van der Waals surface area contributed by atoms with Crippen molar-refractivity contribution in [1.29, 1.82) is 0 Å². The van der Waals surface area contributed by atoms with Gasteiger partial charge in [0, 0.05) is 28.4 Å². The average molecular weight is 294 g/mol. The number of nitrogen functional groups attached to an aromatic ring is 1. The summed E-state index contributed by atoms with van der Waals surface area (Å²) in [6.07, 6.45) is 2.06.